The lowest BCUT2D eigenvalue weighted by Crippen LogP contribution is -2.22. The molecule has 0 aliphatic heterocycles. The van der Waals surface area contributed by atoms with Crippen LogP contribution in [0.5, 0.6) is 0 Å². The van der Waals surface area contributed by atoms with Crippen molar-refractivity contribution in [3.8, 4) is 11.8 Å². The number of thioether (sulfide) groups is 1. The molecule has 0 amide bonds. The van der Waals surface area contributed by atoms with Crippen LogP contribution in [0.1, 0.15) is 5.56 Å². The highest BCUT2D eigenvalue weighted by Gasteiger charge is 2.17. The van der Waals surface area contributed by atoms with Crippen molar-refractivity contribution >= 4 is 44.1 Å². The van der Waals surface area contributed by atoms with E-state index in [2.05, 4.69) is 11.1 Å². The van der Waals surface area contributed by atoms with Crippen molar-refractivity contribution in [1.82, 2.24) is 9.55 Å². The summed E-state index contributed by atoms with van der Waals surface area (Å²) in [6, 6.07) is 21.7. The quantitative estimate of drug-likeness (QED) is 0.298. The molecular formula is C23H16ClN3O3S2. The van der Waals surface area contributed by atoms with Crippen LogP contribution in [0, 0.1) is 11.3 Å². The van der Waals surface area contributed by atoms with Crippen LogP contribution in [0.25, 0.3) is 16.6 Å². The van der Waals surface area contributed by atoms with Gasteiger partial charge >= 0.3 is 0 Å². The van der Waals surface area contributed by atoms with Crippen LogP contribution >= 0.6 is 23.4 Å². The van der Waals surface area contributed by atoms with E-state index in [0.29, 0.717) is 32.3 Å². The summed E-state index contributed by atoms with van der Waals surface area (Å²) < 4.78 is 26.8. The number of nitrogens with zero attached hydrogens (tertiary/aromatic N) is 3. The predicted molar refractivity (Wildman–Crippen MR) is 126 cm³/mol. The molecule has 0 fully saturated rings. The molecule has 0 radical (unpaired) electrons. The van der Waals surface area contributed by atoms with E-state index in [-0.39, 0.29) is 22.0 Å². The van der Waals surface area contributed by atoms with Gasteiger partial charge in [0, 0.05) is 10.8 Å². The highest BCUT2D eigenvalue weighted by Crippen LogP contribution is 2.23. The second-order valence-corrected chi connectivity index (χ2v) is 10.4. The molecule has 0 saturated heterocycles. The van der Waals surface area contributed by atoms with Gasteiger partial charge in [-0.15, -0.1) is 0 Å². The number of halogens is 1. The Bertz CT molecular complexity index is 1490. The molecular weight excluding hydrogens is 466 g/mol. The van der Waals surface area contributed by atoms with Crippen molar-refractivity contribution in [1.29, 1.82) is 5.26 Å². The number of fused-ring (bicyclic) bond motifs is 1. The van der Waals surface area contributed by atoms with Crippen molar-refractivity contribution in [3.63, 3.8) is 0 Å². The maximum absolute atomic E-state index is 13.2. The van der Waals surface area contributed by atoms with Crippen molar-refractivity contribution in [2.75, 3.05) is 11.5 Å². The molecule has 6 nitrogen and oxygen atoms in total. The summed E-state index contributed by atoms with van der Waals surface area (Å²) in [5.41, 5.74) is 1.29. The fourth-order valence-electron chi connectivity index (χ4n) is 3.12. The zero-order valence-electron chi connectivity index (χ0n) is 16.6. The van der Waals surface area contributed by atoms with Gasteiger partial charge in [0.05, 0.1) is 38.9 Å². The third-order valence-electron chi connectivity index (χ3n) is 4.76. The first-order valence-corrected chi connectivity index (χ1v) is 12.5. The first-order valence-electron chi connectivity index (χ1n) is 9.52. The van der Waals surface area contributed by atoms with E-state index in [1.165, 1.54) is 40.6 Å². The van der Waals surface area contributed by atoms with Crippen LogP contribution < -0.4 is 5.56 Å². The molecule has 3 aromatic carbocycles. The van der Waals surface area contributed by atoms with Gasteiger partial charge in [-0.3, -0.25) is 9.36 Å². The second-order valence-electron chi connectivity index (χ2n) is 6.83. The Kier molecular flexibility index (Phi) is 6.33. The summed E-state index contributed by atoms with van der Waals surface area (Å²) in [5, 5.41) is 10.3. The van der Waals surface area contributed by atoms with Gasteiger partial charge in [0.2, 0.25) is 0 Å². The first-order chi connectivity index (χ1) is 15.4. The van der Waals surface area contributed by atoms with E-state index >= 15 is 0 Å². The third kappa shape index (κ3) is 4.55. The standard InChI is InChI=1S/C23H16ClN3O3S2/c24-17-7-11-19(12-8-17)32(29,30)14-13-31-23-26-21-4-2-1-3-20(21)22(28)27(23)18-9-5-16(15-25)6-10-18/h1-12H,13-14H2. The van der Waals surface area contributed by atoms with E-state index in [1.807, 2.05) is 0 Å². The number of hydrogen-bond donors (Lipinski definition) is 0. The molecule has 160 valence electrons. The average Bonchev–Trinajstić information content (AvgIpc) is 2.80. The van der Waals surface area contributed by atoms with Gasteiger partial charge in [-0.25, -0.2) is 13.4 Å². The molecule has 0 spiro atoms. The van der Waals surface area contributed by atoms with Crippen LogP contribution in [0.3, 0.4) is 0 Å². The Morgan fingerprint density at radius 1 is 1.00 bits per heavy atom. The molecule has 1 heterocycles. The Hall–Kier alpha value is -3.12. The van der Waals surface area contributed by atoms with Gasteiger partial charge in [-0.05, 0) is 60.7 Å². The van der Waals surface area contributed by atoms with Gasteiger partial charge in [0.1, 0.15) is 0 Å². The van der Waals surface area contributed by atoms with Crippen molar-refractivity contribution in [2.45, 2.75) is 10.1 Å². The van der Waals surface area contributed by atoms with Crippen LogP contribution in [-0.4, -0.2) is 29.5 Å². The molecule has 4 aromatic rings. The minimum atomic E-state index is -3.52. The summed E-state index contributed by atoms with van der Waals surface area (Å²) in [6.07, 6.45) is 0. The van der Waals surface area contributed by atoms with Crippen molar-refractivity contribution in [3.05, 3.63) is 93.7 Å². The van der Waals surface area contributed by atoms with Gasteiger partial charge < -0.3 is 0 Å². The number of aromatic nitrogens is 2. The van der Waals surface area contributed by atoms with E-state index in [0.717, 1.165) is 0 Å². The lowest BCUT2D eigenvalue weighted by atomic mass is 10.2. The van der Waals surface area contributed by atoms with Crippen LogP contribution in [0.15, 0.2) is 87.6 Å². The van der Waals surface area contributed by atoms with Crippen LogP contribution in [-0.2, 0) is 9.84 Å². The average molecular weight is 482 g/mol. The van der Waals surface area contributed by atoms with E-state index in [1.54, 1.807) is 48.5 Å². The van der Waals surface area contributed by atoms with E-state index in [4.69, 9.17) is 16.9 Å². The second kappa shape index (κ2) is 9.17. The summed E-state index contributed by atoms with van der Waals surface area (Å²) in [6.45, 7) is 0. The molecule has 0 N–H and O–H groups in total. The van der Waals surface area contributed by atoms with Crippen molar-refractivity contribution < 1.29 is 8.42 Å². The molecule has 32 heavy (non-hydrogen) atoms. The Morgan fingerprint density at radius 2 is 1.69 bits per heavy atom. The topological polar surface area (TPSA) is 92.8 Å². The normalized spacial score (nSPS) is 11.4. The zero-order chi connectivity index (χ0) is 22.7. The minimum absolute atomic E-state index is 0.130. The molecule has 0 saturated carbocycles. The molecule has 0 bridgehead atoms. The van der Waals surface area contributed by atoms with Gasteiger partial charge in [-0.2, -0.15) is 5.26 Å². The Morgan fingerprint density at radius 3 is 2.38 bits per heavy atom. The molecule has 0 aliphatic rings. The first kappa shape index (κ1) is 22.1. The number of rotatable bonds is 6. The number of hydrogen-bond acceptors (Lipinski definition) is 6. The number of benzene rings is 3. The Labute approximate surface area is 194 Å². The molecule has 9 heteroatoms. The van der Waals surface area contributed by atoms with Gasteiger partial charge in [0.15, 0.2) is 15.0 Å². The smallest absolute Gasteiger partial charge is 0.266 e. The van der Waals surface area contributed by atoms with E-state index < -0.39 is 9.84 Å². The van der Waals surface area contributed by atoms with Gasteiger partial charge in [-0.1, -0.05) is 35.5 Å². The molecule has 0 aliphatic carbocycles. The molecule has 0 unspecified atom stereocenters. The van der Waals surface area contributed by atoms with E-state index in [9.17, 15) is 13.2 Å². The van der Waals surface area contributed by atoms with Crippen molar-refractivity contribution in [2.24, 2.45) is 0 Å². The van der Waals surface area contributed by atoms with Crippen LogP contribution in [0.2, 0.25) is 5.02 Å². The highest BCUT2D eigenvalue weighted by molar-refractivity contribution is 8.00. The lowest BCUT2D eigenvalue weighted by molar-refractivity contribution is 0.597. The number of nitriles is 1. The molecule has 0 atom stereocenters. The highest BCUT2D eigenvalue weighted by atomic mass is 35.5. The summed E-state index contributed by atoms with van der Waals surface area (Å²) in [7, 11) is -3.52. The number of para-hydroxylation sites is 1. The third-order valence-corrected chi connectivity index (χ3v) is 7.94. The Balaban J connectivity index is 1.69. The SMILES string of the molecule is N#Cc1ccc(-n2c(SCCS(=O)(=O)c3ccc(Cl)cc3)nc3ccccc3c2=O)cc1. The summed E-state index contributed by atoms with van der Waals surface area (Å²) >= 11 is 7.03. The maximum atomic E-state index is 13.2. The largest absolute Gasteiger partial charge is 0.268 e. The summed E-state index contributed by atoms with van der Waals surface area (Å²) in [4.78, 5) is 18.0. The maximum Gasteiger partial charge on any atom is 0.266 e. The minimum Gasteiger partial charge on any atom is -0.268 e. The molecule has 1 aromatic heterocycles. The fourth-order valence-corrected chi connectivity index (χ4v) is 5.91. The zero-order valence-corrected chi connectivity index (χ0v) is 19.0. The van der Waals surface area contributed by atoms with Gasteiger partial charge in [0.25, 0.3) is 5.56 Å². The lowest BCUT2D eigenvalue weighted by Gasteiger charge is -2.13. The fraction of sp³-hybridized carbons (Fsp3) is 0.0870. The molecule has 4 rings (SSSR count). The summed E-state index contributed by atoms with van der Waals surface area (Å²) in [5.74, 6) is 0.0708. The predicted octanol–water partition coefficient (Wildman–Crippen LogP) is 4.48. The number of sulfone groups is 1. The monoisotopic (exact) mass is 481 g/mol. The van der Waals surface area contributed by atoms with Crippen LogP contribution in [0.4, 0.5) is 0 Å².